The zero-order chi connectivity index (χ0) is 21.5. The van der Waals surface area contributed by atoms with E-state index in [2.05, 4.69) is 44.0 Å². The van der Waals surface area contributed by atoms with Gasteiger partial charge in [0.2, 0.25) is 11.0 Å². The number of thioether (sulfide) groups is 1. The number of hydrogen-bond donors (Lipinski definition) is 1. The van der Waals surface area contributed by atoms with Crippen molar-refractivity contribution in [2.45, 2.75) is 17.3 Å². The van der Waals surface area contributed by atoms with Crippen LogP contribution in [0.4, 0.5) is 5.13 Å². The number of hydrogen-bond acceptors (Lipinski definition) is 8. The number of benzene rings is 1. The molecule has 1 aromatic carbocycles. The van der Waals surface area contributed by atoms with Crippen LogP contribution >= 0.6 is 46.0 Å². The average molecular weight is 494 g/mol. The normalized spacial score (nSPS) is 14.7. The topological polar surface area (TPSA) is 61.4 Å². The summed E-state index contributed by atoms with van der Waals surface area (Å²) < 4.78 is 0.826. The van der Waals surface area contributed by atoms with Gasteiger partial charge < -0.3 is 10.2 Å². The van der Waals surface area contributed by atoms with Crippen LogP contribution in [0.25, 0.3) is 0 Å². The highest BCUT2D eigenvalue weighted by atomic mass is 35.5. The van der Waals surface area contributed by atoms with Crippen molar-refractivity contribution in [2.24, 2.45) is 0 Å². The van der Waals surface area contributed by atoms with Crippen LogP contribution in [0.1, 0.15) is 10.4 Å². The van der Waals surface area contributed by atoms with E-state index < -0.39 is 0 Å². The summed E-state index contributed by atoms with van der Waals surface area (Å²) in [5.74, 6) is 0.563. The van der Waals surface area contributed by atoms with Crippen molar-refractivity contribution < 1.29 is 4.79 Å². The molecule has 1 saturated heterocycles. The molecule has 0 radical (unpaired) electrons. The summed E-state index contributed by atoms with van der Waals surface area (Å²) in [5, 5.41) is 15.3. The van der Waals surface area contributed by atoms with Gasteiger partial charge in [-0.1, -0.05) is 52.9 Å². The van der Waals surface area contributed by atoms with Crippen molar-refractivity contribution in [3.05, 3.63) is 57.2 Å². The van der Waals surface area contributed by atoms with E-state index in [9.17, 15) is 4.79 Å². The molecule has 0 saturated carbocycles. The third-order valence-electron chi connectivity index (χ3n) is 4.97. The van der Waals surface area contributed by atoms with E-state index in [4.69, 9.17) is 11.6 Å². The molecule has 1 amide bonds. The first kappa shape index (κ1) is 22.5. The van der Waals surface area contributed by atoms with Gasteiger partial charge in [0.1, 0.15) is 0 Å². The summed E-state index contributed by atoms with van der Waals surface area (Å²) in [5.41, 5.74) is 1.21. The fourth-order valence-corrected chi connectivity index (χ4v) is 5.95. The van der Waals surface area contributed by atoms with Crippen LogP contribution < -0.4 is 5.32 Å². The Morgan fingerprint density at radius 2 is 2.03 bits per heavy atom. The molecule has 4 rings (SSSR count). The number of nitrogens with zero attached hydrogens (tertiary/aromatic N) is 4. The molecule has 0 bridgehead atoms. The number of amides is 1. The van der Waals surface area contributed by atoms with Crippen molar-refractivity contribution in [2.75, 3.05) is 43.8 Å². The van der Waals surface area contributed by atoms with Gasteiger partial charge in [-0.2, -0.15) is 0 Å². The quantitative estimate of drug-likeness (QED) is 0.447. The fraction of sp³-hybridized carbons (Fsp3) is 0.381. The predicted molar refractivity (Wildman–Crippen MR) is 130 cm³/mol. The summed E-state index contributed by atoms with van der Waals surface area (Å²) in [6, 6.07) is 12.2. The highest BCUT2D eigenvalue weighted by Crippen LogP contribution is 2.26. The van der Waals surface area contributed by atoms with Crippen LogP contribution in [-0.4, -0.2) is 64.4 Å². The minimum atomic E-state index is 0.162. The van der Waals surface area contributed by atoms with Gasteiger partial charge in [-0.05, 0) is 35.6 Å². The Hall–Kier alpha value is -1.65. The van der Waals surface area contributed by atoms with Crippen LogP contribution in [-0.2, 0) is 17.8 Å². The maximum atomic E-state index is 12.6. The number of thiophene rings is 1. The third kappa shape index (κ3) is 6.92. The Balaban J connectivity index is 1.15. The lowest BCUT2D eigenvalue weighted by atomic mass is 10.2. The molecule has 0 unspecified atom stereocenters. The van der Waals surface area contributed by atoms with Crippen molar-refractivity contribution in [3.8, 4) is 0 Å². The number of carbonyl (C=O) groups excluding carboxylic acids is 1. The van der Waals surface area contributed by atoms with Crippen molar-refractivity contribution in [3.63, 3.8) is 0 Å². The highest BCUT2D eigenvalue weighted by Gasteiger charge is 2.21. The summed E-state index contributed by atoms with van der Waals surface area (Å²) >= 11 is 10.8. The minimum Gasteiger partial charge on any atom is -0.360 e. The zero-order valence-corrected chi connectivity index (χ0v) is 20.2. The summed E-state index contributed by atoms with van der Waals surface area (Å²) in [4.78, 5) is 18.3. The number of piperazine rings is 1. The van der Waals surface area contributed by atoms with E-state index in [-0.39, 0.29) is 5.91 Å². The number of aromatic nitrogens is 2. The standard InChI is InChI=1S/C21H24ClN5OS3/c22-17-4-1-3-16(13-17)14-26-8-10-27(11-9-26)19(28)15-30-21-25-24-20(31-21)23-7-6-18-5-2-12-29-18/h1-5,12-13H,6-11,14-15H2,(H,23,24). The molecule has 10 heteroatoms. The largest absolute Gasteiger partial charge is 0.360 e. The van der Waals surface area contributed by atoms with E-state index in [1.54, 1.807) is 11.3 Å². The van der Waals surface area contributed by atoms with Crippen molar-refractivity contribution in [1.29, 1.82) is 0 Å². The van der Waals surface area contributed by atoms with E-state index >= 15 is 0 Å². The Bertz CT molecular complexity index is 973. The second-order valence-electron chi connectivity index (χ2n) is 7.20. The number of halogens is 1. The number of nitrogens with one attached hydrogen (secondary N) is 1. The van der Waals surface area contributed by atoms with Gasteiger partial charge in [0, 0.05) is 49.2 Å². The third-order valence-corrected chi connectivity index (χ3v) is 8.14. The van der Waals surface area contributed by atoms with Crippen LogP contribution in [0.3, 0.4) is 0 Å². The van der Waals surface area contributed by atoms with Gasteiger partial charge in [-0.15, -0.1) is 21.5 Å². The molecular formula is C21H24ClN5OS3. The lowest BCUT2D eigenvalue weighted by Gasteiger charge is -2.34. The number of rotatable bonds is 9. The Morgan fingerprint density at radius 1 is 1.16 bits per heavy atom. The molecule has 1 aliphatic rings. The van der Waals surface area contributed by atoms with Gasteiger partial charge in [0.05, 0.1) is 5.75 Å². The van der Waals surface area contributed by atoms with E-state index in [1.807, 2.05) is 23.1 Å². The second-order valence-corrected chi connectivity index (χ2v) is 10.9. The maximum Gasteiger partial charge on any atom is 0.233 e. The van der Waals surface area contributed by atoms with Gasteiger partial charge in [-0.3, -0.25) is 9.69 Å². The fourth-order valence-electron chi connectivity index (χ4n) is 3.35. The molecule has 0 aliphatic carbocycles. The lowest BCUT2D eigenvalue weighted by Crippen LogP contribution is -2.48. The summed E-state index contributed by atoms with van der Waals surface area (Å²) in [7, 11) is 0. The monoisotopic (exact) mass is 493 g/mol. The van der Waals surface area contributed by atoms with Gasteiger partial charge >= 0.3 is 0 Å². The number of carbonyl (C=O) groups is 1. The predicted octanol–water partition coefficient (Wildman–Crippen LogP) is 4.34. The van der Waals surface area contributed by atoms with E-state index in [1.165, 1.54) is 33.5 Å². The molecule has 1 N–H and O–H groups in total. The first-order chi connectivity index (χ1) is 15.2. The second kappa shape index (κ2) is 11.3. The Morgan fingerprint density at radius 3 is 2.81 bits per heavy atom. The van der Waals surface area contributed by atoms with Gasteiger partial charge in [-0.25, -0.2) is 0 Å². The van der Waals surface area contributed by atoms with Crippen molar-refractivity contribution >= 4 is 57.1 Å². The molecule has 0 atom stereocenters. The molecule has 3 aromatic rings. The van der Waals surface area contributed by atoms with Gasteiger partial charge in [0.25, 0.3) is 0 Å². The van der Waals surface area contributed by atoms with Crippen LogP contribution in [0.5, 0.6) is 0 Å². The zero-order valence-electron chi connectivity index (χ0n) is 17.0. The molecule has 6 nitrogen and oxygen atoms in total. The van der Waals surface area contributed by atoms with E-state index in [0.29, 0.717) is 5.75 Å². The lowest BCUT2D eigenvalue weighted by molar-refractivity contribution is -0.130. The summed E-state index contributed by atoms with van der Waals surface area (Å²) in [6.07, 6.45) is 0.974. The molecular weight excluding hydrogens is 470 g/mol. The Labute approximate surface area is 199 Å². The SMILES string of the molecule is O=C(CSc1nnc(NCCc2cccs2)s1)N1CCN(Cc2cccc(Cl)c2)CC1. The molecule has 3 heterocycles. The smallest absolute Gasteiger partial charge is 0.233 e. The molecule has 1 aliphatic heterocycles. The van der Waals surface area contributed by atoms with E-state index in [0.717, 1.165) is 60.2 Å². The Kier molecular flexibility index (Phi) is 8.21. The first-order valence-corrected chi connectivity index (χ1v) is 13.2. The highest BCUT2D eigenvalue weighted by molar-refractivity contribution is 8.01. The first-order valence-electron chi connectivity index (χ1n) is 10.1. The maximum absolute atomic E-state index is 12.6. The average Bonchev–Trinajstić information content (AvgIpc) is 3.45. The molecule has 1 fully saturated rings. The van der Waals surface area contributed by atoms with Crippen LogP contribution in [0.15, 0.2) is 46.1 Å². The summed E-state index contributed by atoms with van der Waals surface area (Å²) in [6.45, 7) is 4.96. The molecule has 0 spiro atoms. The number of anilines is 1. The van der Waals surface area contributed by atoms with Crippen LogP contribution in [0.2, 0.25) is 5.02 Å². The molecule has 31 heavy (non-hydrogen) atoms. The molecule has 164 valence electrons. The molecule has 2 aromatic heterocycles. The van der Waals surface area contributed by atoms with Gasteiger partial charge in [0.15, 0.2) is 4.34 Å². The minimum absolute atomic E-state index is 0.162. The van der Waals surface area contributed by atoms with Crippen LogP contribution in [0, 0.1) is 0 Å². The van der Waals surface area contributed by atoms with Crippen molar-refractivity contribution in [1.82, 2.24) is 20.0 Å².